The van der Waals surface area contributed by atoms with Gasteiger partial charge in [-0.15, -0.1) is 0 Å². The first-order chi connectivity index (χ1) is 15.0. The SMILES string of the molecule is CCNc1nc(C)cc(N2CCN(S(=O)(=O)c3ccc(-c4ccccc4)cc3)CC2)n1. The first kappa shape index (κ1) is 21.3. The highest BCUT2D eigenvalue weighted by Gasteiger charge is 2.29. The van der Waals surface area contributed by atoms with Crippen LogP contribution in [0.25, 0.3) is 11.1 Å². The lowest BCUT2D eigenvalue weighted by Gasteiger charge is -2.34. The van der Waals surface area contributed by atoms with Crippen molar-refractivity contribution in [1.29, 1.82) is 0 Å². The summed E-state index contributed by atoms with van der Waals surface area (Å²) in [5.41, 5.74) is 2.95. The van der Waals surface area contributed by atoms with Gasteiger partial charge in [0, 0.05) is 44.5 Å². The van der Waals surface area contributed by atoms with Gasteiger partial charge in [-0.3, -0.25) is 0 Å². The zero-order valence-corrected chi connectivity index (χ0v) is 18.6. The molecule has 0 radical (unpaired) electrons. The molecule has 2 aromatic carbocycles. The van der Waals surface area contributed by atoms with Crippen molar-refractivity contribution in [3.8, 4) is 11.1 Å². The molecule has 1 saturated heterocycles. The highest BCUT2D eigenvalue weighted by atomic mass is 32.2. The van der Waals surface area contributed by atoms with Crippen molar-refractivity contribution >= 4 is 21.8 Å². The molecule has 1 aromatic heterocycles. The van der Waals surface area contributed by atoms with E-state index >= 15 is 0 Å². The average Bonchev–Trinajstić information content (AvgIpc) is 2.80. The van der Waals surface area contributed by atoms with Crippen LogP contribution in [0.5, 0.6) is 0 Å². The minimum absolute atomic E-state index is 0.327. The molecule has 162 valence electrons. The second-order valence-electron chi connectivity index (χ2n) is 7.50. The zero-order chi connectivity index (χ0) is 21.8. The van der Waals surface area contributed by atoms with Gasteiger partial charge in [-0.2, -0.15) is 9.29 Å². The number of piperazine rings is 1. The molecule has 3 aromatic rings. The van der Waals surface area contributed by atoms with Crippen LogP contribution in [0, 0.1) is 6.92 Å². The van der Waals surface area contributed by atoms with Gasteiger partial charge in [-0.1, -0.05) is 42.5 Å². The monoisotopic (exact) mass is 437 g/mol. The van der Waals surface area contributed by atoms with Crippen LogP contribution in [-0.2, 0) is 10.0 Å². The quantitative estimate of drug-likeness (QED) is 0.637. The Morgan fingerprint density at radius 2 is 1.55 bits per heavy atom. The summed E-state index contributed by atoms with van der Waals surface area (Å²) in [6.07, 6.45) is 0. The van der Waals surface area contributed by atoms with Crippen LogP contribution in [-0.4, -0.2) is 55.4 Å². The van der Waals surface area contributed by atoms with Gasteiger partial charge in [0.15, 0.2) is 0 Å². The summed E-state index contributed by atoms with van der Waals surface area (Å²) < 4.78 is 27.8. The molecular formula is C23H27N5O2S. The number of benzene rings is 2. The summed E-state index contributed by atoms with van der Waals surface area (Å²) in [6, 6.07) is 19.0. The predicted octanol–water partition coefficient (Wildman–Crippen LogP) is 3.39. The molecule has 0 atom stereocenters. The molecule has 2 heterocycles. The van der Waals surface area contributed by atoms with Crippen LogP contribution in [0.15, 0.2) is 65.6 Å². The molecule has 0 bridgehead atoms. The van der Waals surface area contributed by atoms with Crippen molar-refractivity contribution < 1.29 is 8.42 Å². The standard InChI is InChI=1S/C23H27N5O2S/c1-3-24-23-25-18(2)17-22(26-23)27-13-15-28(16-14-27)31(29,30)21-11-9-20(10-12-21)19-7-5-4-6-8-19/h4-12,17H,3,13-16H2,1-2H3,(H,24,25,26). The van der Waals surface area contributed by atoms with E-state index in [0.29, 0.717) is 37.0 Å². The molecule has 4 rings (SSSR count). The third-order valence-electron chi connectivity index (χ3n) is 5.34. The minimum Gasteiger partial charge on any atom is -0.354 e. The second-order valence-corrected chi connectivity index (χ2v) is 9.44. The Bertz CT molecular complexity index is 1130. The first-order valence-electron chi connectivity index (χ1n) is 10.5. The second kappa shape index (κ2) is 9.03. The maximum atomic E-state index is 13.1. The van der Waals surface area contributed by atoms with Crippen molar-refractivity contribution in [3.05, 3.63) is 66.4 Å². The molecule has 31 heavy (non-hydrogen) atoms. The highest BCUT2D eigenvalue weighted by Crippen LogP contribution is 2.24. The Morgan fingerprint density at radius 3 is 2.19 bits per heavy atom. The van der Waals surface area contributed by atoms with Crippen molar-refractivity contribution in [1.82, 2.24) is 14.3 Å². The first-order valence-corrected chi connectivity index (χ1v) is 11.9. The average molecular weight is 438 g/mol. The van der Waals surface area contributed by atoms with Gasteiger partial charge in [-0.25, -0.2) is 13.4 Å². The zero-order valence-electron chi connectivity index (χ0n) is 17.8. The summed E-state index contributed by atoms with van der Waals surface area (Å²) in [7, 11) is -3.53. The Kier molecular flexibility index (Phi) is 6.20. The molecule has 1 fully saturated rings. The highest BCUT2D eigenvalue weighted by molar-refractivity contribution is 7.89. The normalized spacial score (nSPS) is 15.1. The Labute approximate surface area is 183 Å². The van der Waals surface area contributed by atoms with Crippen LogP contribution >= 0.6 is 0 Å². The maximum Gasteiger partial charge on any atom is 0.243 e. The third kappa shape index (κ3) is 4.70. The molecule has 0 spiro atoms. The van der Waals surface area contributed by atoms with Gasteiger partial charge in [-0.05, 0) is 37.1 Å². The Hall–Kier alpha value is -2.97. The molecule has 1 aliphatic rings. The summed E-state index contributed by atoms with van der Waals surface area (Å²) >= 11 is 0. The summed E-state index contributed by atoms with van der Waals surface area (Å²) in [4.78, 5) is 11.4. The fraction of sp³-hybridized carbons (Fsp3) is 0.304. The van der Waals surface area contributed by atoms with E-state index in [1.807, 2.05) is 62.4 Å². The van der Waals surface area contributed by atoms with Gasteiger partial charge < -0.3 is 10.2 Å². The Balaban J connectivity index is 1.46. The largest absolute Gasteiger partial charge is 0.354 e. The fourth-order valence-corrected chi connectivity index (χ4v) is 5.13. The van der Waals surface area contributed by atoms with Crippen LogP contribution < -0.4 is 10.2 Å². The minimum atomic E-state index is -3.53. The summed E-state index contributed by atoms with van der Waals surface area (Å²) in [5, 5.41) is 3.14. The number of nitrogens with zero attached hydrogens (tertiary/aromatic N) is 4. The number of aromatic nitrogens is 2. The van der Waals surface area contributed by atoms with E-state index in [1.54, 1.807) is 16.4 Å². The van der Waals surface area contributed by atoms with Gasteiger partial charge in [0.1, 0.15) is 5.82 Å². The van der Waals surface area contributed by atoms with Crippen LogP contribution in [0.4, 0.5) is 11.8 Å². The topological polar surface area (TPSA) is 78.4 Å². The molecule has 1 aliphatic heterocycles. The van der Waals surface area contributed by atoms with E-state index < -0.39 is 10.0 Å². The number of nitrogens with one attached hydrogen (secondary N) is 1. The molecular weight excluding hydrogens is 410 g/mol. The van der Waals surface area contributed by atoms with Crippen molar-refractivity contribution in [2.24, 2.45) is 0 Å². The maximum absolute atomic E-state index is 13.1. The lowest BCUT2D eigenvalue weighted by molar-refractivity contribution is 0.384. The van der Waals surface area contributed by atoms with Crippen LogP contribution in [0.1, 0.15) is 12.6 Å². The molecule has 0 aliphatic carbocycles. The number of hydrogen-bond acceptors (Lipinski definition) is 6. The number of hydrogen-bond donors (Lipinski definition) is 1. The van der Waals surface area contributed by atoms with E-state index in [2.05, 4.69) is 20.2 Å². The van der Waals surface area contributed by atoms with Gasteiger partial charge in [0.25, 0.3) is 0 Å². The molecule has 8 heteroatoms. The molecule has 0 unspecified atom stereocenters. The smallest absolute Gasteiger partial charge is 0.243 e. The fourth-order valence-electron chi connectivity index (χ4n) is 3.71. The number of rotatable bonds is 6. The van der Waals surface area contributed by atoms with Gasteiger partial charge >= 0.3 is 0 Å². The number of aryl methyl sites for hydroxylation is 1. The van der Waals surface area contributed by atoms with Crippen molar-refractivity contribution in [3.63, 3.8) is 0 Å². The van der Waals surface area contributed by atoms with Gasteiger partial charge in [0.05, 0.1) is 4.90 Å². The van der Waals surface area contributed by atoms with E-state index in [1.165, 1.54) is 0 Å². The summed E-state index contributed by atoms with van der Waals surface area (Å²) in [5.74, 6) is 1.43. The predicted molar refractivity (Wildman–Crippen MR) is 124 cm³/mol. The lowest BCUT2D eigenvalue weighted by Crippen LogP contribution is -2.49. The van der Waals surface area contributed by atoms with Crippen LogP contribution in [0.3, 0.4) is 0 Å². The molecule has 1 N–H and O–H groups in total. The lowest BCUT2D eigenvalue weighted by atomic mass is 10.1. The Morgan fingerprint density at radius 1 is 0.903 bits per heavy atom. The van der Waals surface area contributed by atoms with E-state index in [-0.39, 0.29) is 0 Å². The summed E-state index contributed by atoms with van der Waals surface area (Å²) in [6.45, 7) is 6.70. The van der Waals surface area contributed by atoms with E-state index in [4.69, 9.17) is 0 Å². The van der Waals surface area contributed by atoms with E-state index in [0.717, 1.165) is 29.2 Å². The number of sulfonamides is 1. The molecule has 7 nitrogen and oxygen atoms in total. The number of anilines is 2. The van der Waals surface area contributed by atoms with Crippen molar-refractivity contribution in [2.45, 2.75) is 18.7 Å². The van der Waals surface area contributed by atoms with E-state index in [9.17, 15) is 8.42 Å². The van der Waals surface area contributed by atoms with Crippen molar-refractivity contribution in [2.75, 3.05) is 42.9 Å². The van der Waals surface area contributed by atoms with Gasteiger partial charge in [0.2, 0.25) is 16.0 Å². The molecule has 0 amide bonds. The molecule has 0 saturated carbocycles. The third-order valence-corrected chi connectivity index (χ3v) is 7.25. The van der Waals surface area contributed by atoms with Crippen LogP contribution in [0.2, 0.25) is 0 Å².